The van der Waals surface area contributed by atoms with Crippen molar-refractivity contribution in [3.8, 4) is 0 Å². The van der Waals surface area contributed by atoms with Gasteiger partial charge in [0, 0.05) is 5.92 Å². The van der Waals surface area contributed by atoms with E-state index in [9.17, 15) is 9.59 Å². The predicted octanol–water partition coefficient (Wildman–Crippen LogP) is 1.52. The van der Waals surface area contributed by atoms with Gasteiger partial charge < -0.3 is 10.1 Å². The van der Waals surface area contributed by atoms with Crippen LogP contribution in [0.15, 0.2) is 0 Å². The number of rotatable bonds is 4. The Labute approximate surface area is 85.3 Å². The van der Waals surface area contributed by atoms with Crippen molar-refractivity contribution in [2.45, 2.75) is 45.6 Å². The van der Waals surface area contributed by atoms with Crippen molar-refractivity contribution in [1.29, 1.82) is 0 Å². The van der Waals surface area contributed by atoms with E-state index in [-0.39, 0.29) is 23.8 Å². The van der Waals surface area contributed by atoms with Crippen LogP contribution in [0.2, 0.25) is 0 Å². The molecule has 3 heteroatoms. The van der Waals surface area contributed by atoms with Gasteiger partial charge in [0.2, 0.25) is 5.91 Å². The average molecular weight is 197 g/mol. The zero-order valence-corrected chi connectivity index (χ0v) is 8.95. The van der Waals surface area contributed by atoms with Crippen LogP contribution in [0.5, 0.6) is 0 Å². The summed E-state index contributed by atoms with van der Waals surface area (Å²) in [6.07, 6.45) is 5.08. The highest BCUT2D eigenvalue weighted by atomic mass is 16.2. The maximum atomic E-state index is 11.6. The fraction of sp³-hybridized carbons (Fsp3) is 0.818. The van der Waals surface area contributed by atoms with E-state index in [1.807, 2.05) is 13.8 Å². The first-order valence-corrected chi connectivity index (χ1v) is 5.41. The van der Waals surface area contributed by atoms with Crippen LogP contribution in [-0.2, 0) is 9.59 Å². The molecule has 1 saturated carbocycles. The highest BCUT2D eigenvalue weighted by Gasteiger charge is 2.25. The summed E-state index contributed by atoms with van der Waals surface area (Å²) in [6.45, 7) is 3.88. The van der Waals surface area contributed by atoms with Gasteiger partial charge in [0.05, 0.1) is 6.04 Å². The summed E-state index contributed by atoms with van der Waals surface area (Å²) in [5, 5.41) is 2.80. The smallest absolute Gasteiger partial charge is 0.223 e. The molecule has 0 aromatic carbocycles. The van der Waals surface area contributed by atoms with Gasteiger partial charge in [-0.1, -0.05) is 26.7 Å². The third-order valence-corrected chi connectivity index (χ3v) is 2.90. The summed E-state index contributed by atoms with van der Waals surface area (Å²) < 4.78 is 0. The molecule has 0 radical (unpaired) electrons. The van der Waals surface area contributed by atoms with Crippen LogP contribution in [0.25, 0.3) is 0 Å². The molecule has 0 aromatic rings. The number of carbonyl (C=O) groups is 2. The van der Waals surface area contributed by atoms with Crippen LogP contribution in [0.1, 0.15) is 39.5 Å². The van der Waals surface area contributed by atoms with Crippen molar-refractivity contribution >= 4 is 12.2 Å². The van der Waals surface area contributed by atoms with Crippen molar-refractivity contribution in [1.82, 2.24) is 5.32 Å². The molecule has 1 rings (SSSR count). The molecule has 1 aliphatic carbocycles. The van der Waals surface area contributed by atoms with Crippen molar-refractivity contribution < 1.29 is 9.59 Å². The Morgan fingerprint density at radius 3 is 2.36 bits per heavy atom. The van der Waals surface area contributed by atoms with Crippen molar-refractivity contribution in [3.63, 3.8) is 0 Å². The molecule has 1 atom stereocenters. The molecule has 1 amide bonds. The lowest BCUT2D eigenvalue weighted by Gasteiger charge is -2.18. The molecule has 1 fully saturated rings. The van der Waals surface area contributed by atoms with Crippen molar-refractivity contribution in [2.24, 2.45) is 11.8 Å². The van der Waals surface area contributed by atoms with Gasteiger partial charge in [0.25, 0.3) is 0 Å². The molecule has 3 nitrogen and oxygen atoms in total. The number of hydrogen-bond acceptors (Lipinski definition) is 2. The Hall–Kier alpha value is -0.860. The second-order valence-electron chi connectivity index (χ2n) is 4.40. The van der Waals surface area contributed by atoms with Gasteiger partial charge in [-0.05, 0) is 18.8 Å². The van der Waals surface area contributed by atoms with Gasteiger partial charge in [0.15, 0.2) is 0 Å². The monoisotopic (exact) mass is 197 g/mol. The van der Waals surface area contributed by atoms with E-state index in [0.29, 0.717) is 0 Å². The highest BCUT2D eigenvalue weighted by Crippen LogP contribution is 2.24. The Bertz CT molecular complexity index is 207. The third-order valence-electron chi connectivity index (χ3n) is 2.90. The van der Waals surface area contributed by atoms with Gasteiger partial charge >= 0.3 is 0 Å². The van der Waals surface area contributed by atoms with Gasteiger partial charge in [-0.25, -0.2) is 0 Å². The summed E-state index contributed by atoms with van der Waals surface area (Å²) >= 11 is 0. The lowest BCUT2D eigenvalue weighted by Crippen LogP contribution is -2.42. The first kappa shape index (κ1) is 11.2. The number of aldehydes is 1. The number of nitrogens with one attached hydrogen (secondary N) is 1. The zero-order valence-electron chi connectivity index (χ0n) is 8.95. The second-order valence-corrected chi connectivity index (χ2v) is 4.40. The Morgan fingerprint density at radius 2 is 1.93 bits per heavy atom. The lowest BCUT2D eigenvalue weighted by atomic mass is 10.0. The van der Waals surface area contributed by atoms with Crippen LogP contribution < -0.4 is 5.32 Å². The second kappa shape index (κ2) is 5.13. The van der Waals surface area contributed by atoms with Gasteiger partial charge in [0.1, 0.15) is 6.29 Å². The summed E-state index contributed by atoms with van der Waals surface area (Å²) in [5.74, 6) is 0.391. The molecular formula is C11H19NO2. The molecule has 0 aromatic heterocycles. The predicted molar refractivity (Wildman–Crippen MR) is 54.8 cm³/mol. The lowest BCUT2D eigenvalue weighted by molar-refractivity contribution is -0.127. The minimum atomic E-state index is -0.317. The minimum Gasteiger partial charge on any atom is -0.346 e. The fourth-order valence-electron chi connectivity index (χ4n) is 1.83. The van der Waals surface area contributed by atoms with E-state index in [0.717, 1.165) is 32.0 Å². The highest BCUT2D eigenvalue weighted by molar-refractivity contribution is 5.82. The number of hydrogen-bond donors (Lipinski definition) is 1. The van der Waals surface area contributed by atoms with E-state index in [4.69, 9.17) is 0 Å². The average Bonchev–Trinajstić information content (AvgIpc) is 2.65. The summed E-state index contributed by atoms with van der Waals surface area (Å²) in [5.41, 5.74) is 0. The summed E-state index contributed by atoms with van der Waals surface area (Å²) in [7, 11) is 0. The van der Waals surface area contributed by atoms with Crippen LogP contribution in [0.3, 0.4) is 0 Å². The van der Waals surface area contributed by atoms with Crippen molar-refractivity contribution in [2.75, 3.05) is 0 Å². The van der Waals surface area contributed by atoms with E-state index < -0.39 is 0 Å². The molecule has 1 aliphatic rings. The summed E-state index contributed by atoms with van der Waals surface area (Å²) in [6, 6.07) is -0.317. The molecule has 0 aliphatic heterocycles. The first-order valence-electron chi connectivity index (χ1n) is 5.41. The van der Waals surface area contributed by atoms with E-state index in [1.54, 1.807) is 0 Å². The molecule has 0 bridgehead atoms. The maximum Gasteiger partial charge on any atom is 0.223 e. The van der Waals surface area contributed by atoms with Crippen LogP contribution in [0, 0.1) is 11.8 Å². The number of amides is 1. The number of carbonyl (C=O) groups excluding carboxylic acids is 2. The Morgan fingerprint density at radius 1 is 1.36 bits per heavy atom. The van der Waals surface area contributed by atoms with E-state index >= 15 is 0 Å². The molecule has 1 N–H and O–H groups in total. The molecular weight excluding hydrogens is 178 g/mol. The maximum absolute atomic E-state index is 11.6. The summed E-state index contributed by atoms with van der Waals surface area (Å²) in [4.78, 5) is 22.3. The first-order chi connectivity index (χ1) is 6.65. The molecule has 14 heavy (non-hydrogen) atoms. The van der Waals surface area contributed by atoms with Gasteiger partial charge in [-0.3, -0.25) is 4.79 Å². The van der Waals surface area contributed by atoms with Crippen molar-refractivity contribution in [3.05, 3.63) is 0 Å². The third kappa shape index (κ3) is 2.82. The fourth-order valence-corrected chi connectivity index (χ4v) is 1.83. The minimum absolute atomic E-state index is 0.0632. The van der Waals surface area contributed by atoms with E-state index in [1.165, 1.54) is 0 Å². The van der Waals surface area contributed by atoms with Gasteiger partial charge in [-0.15, -0.1) is 0 Å². The zero-order chi connectivity index (χ0) is 10.6. The van der Waals surface area contributed by atoms with Crippen LogP contribution in [0.4, 0.5) is 0 Å². The quantitative estimate of drug-likeness (QED) is 0.694. The SMILES string of the molecule is CC(C)[C@@H](C=O)NC(=O)C1CCCC1. The van der Waals surface area contributed by atoms with Gasteiger partial charge in [-0.2, -0.15) is 0 Å². The largest absolute Gasteiger partial charge is 0.346 e. The molecule has 0 unspecified atom stereocenters. The van der Waals surface area contributed by atoms with E-state index in [2.05, 4.69) is 5.32 Å². The molecule has 80 valence electrons. The molecule has 0 spiro atoms. The van der Waals surface area contributed by atoms with Crippen LogP contribution >= 0.6 is 0 Å². The molecule has 0 heterocycles. The standard InChI is InChI=1S/C11H19NO2/c1-8(2)10(7-13)12-11(14)9-5-3-4-6-9/h7-10H,3-6H2,1-2H3,(H,12,14)/t10-/m1/s1. The Balaban J connectivity index is 2.41. The normalized spacial score (nSPS) is 19.6. The molecule has 0 saturated heterocycles. The van der Waals surface area contributed by atoms with Crippen LogP contribution in [-0.4, -0.2) is 18.2 Å². The topological polar surface area (TPSA) is 46.2 Å². The Kier molecular flexibility index (Phi) is 4.11.